The first-order chi connectivity index (χ1) is 22.7. The molecule has 4 bridgehead atoms. The molecule has 0 aromatic heterocycles. The number of methoxy groups -OCH3 is 1. The number of fused-ring (bicyclic) bond motifs is 5. The SMILES string of the molecule is COc1ccc2cc1OCC(=O)NCc1cc(F)cc(c1)O[C@@H]1CCN(C(=O)c3cc(C)c(C)c(S(N)(=O)=O)c3)C[C@@H]1NC2=O.O=CO. The molecule has 0 aliphatic carbocycles. The molecule has 16 heteroatoms. The van der Waals surface area contributed by atoms with Crippen molar-refractivity contribution in [1.29, 1.82) is 0 Å². The first-order valence-electron chi connectivity index (χ1n) is 14.6. The lowest BCUT2D eigenvalue weighted by molar-refractivity contribution is -0.123. The number of benzene rings is 3. The van der Waals surface area contributed by atoms with E-state index in [9.17, 15) is 27.2 Å². The number of piperidine rings is 1. The number of carbonyl (C=O) groups is 4. The van der Waals surface area contributed by atoms with Crippen LogP contribution in [0.5, 0.6) is 17.2 Å². The molecular formula is C32H35FN4O10S. The highest BCUT2D eigenvalue weighted by Crippen LogP contribution is 2.29. The van der Waals surface area contributed by atoms with Crippen molar-refractivity contribution in [1.82, 2.24) is 15.5 Å². The number of primary sulfonamides is 1. The molecule has 2 atom stereocenters. The predicted octanol–water partition coefficient (Wildman–Crippen LogP) is 1.90. The largest absolute Gasteiger partial charge is 0.493 e. The number of hydrogen-bond donors (Lipinski definition) is 4. The fourth-order valence-electron chi connectivity index (χ4n) is 5.37. The molecular weight excluding hydrogens is 651 g/mol. The number of nitrogens with zero attached hydrogens (tertiary/aromatic N) is 1. The molecule has 0 unspecified atom stereocenters. The number of rotatable bonds is 3. The van der Waals surface area contributed by atoms with E-state index < -0.39 is 45.7 Å². The second kappa shape index (κ2) is 15.1. The number of nitrogens with one attached hydrogen (secondary N) is 2. The molecule has 0 radical (unpaired) electrons. The number of nitrogens with two attached hydrogens (primary N) is 1. The average molecular weight is 687 g/mol. The molecule has 3 aromatic rings. The molecule has 256 valence electrons. The van der Waals surface area contributed by atoms with Gasteiger partial charge in [0.2, 0.25) is 10.0 Å². The Hall–Kier alpha value is -5.22. The van der Waals surface area contributed by atoms with Gasteiger partial charge in [0, 0.05) is 43.2 Å². The van der Waals surface area contributed by atoms with E-state index in [1.165, 1.54) is 48.4 Å². The van der Waals surface area contributed by atoms with Gasteiger partial charge in [-0.3, -0.25) is 19.2 Å². The van der Waals surface area contributed by atoms with Gasteiger partial charge >= 0.3 is 0 Å². The fraction of sp³-hybridized carbons (Fsp3) is 0.312. The Bertz CT molecular complexity index is 1840. The summed E-state index contributed by atoms with van der Waals surface area (Å²) in [5.74, 6) is -1.37. The lowest BCUT2D eigenvalue weighted by Crippen LogP contribution is -2.58. The molecule has 2 aliphatic heterocycles. The lowest BCUT2D eigenvalue weighted by atomic mass is 9.99. The first kappa shape index (κ1) is 35.6. The molecule has 5 N–H and O–H groups in total. The van der Waals surface area contributed by atoms with Crippen molar-refractivity contribution >= 4 is 34.2 Å². The van der Waals surface area contributed by atoms with Crippen molar-refractivity contribution in [3.05, 3.63) is 82.2 Å². The number of halogens is 1. The maximum atomic E-state index is 14.6. The second-order valence-electron chi connectivity index (χ2n) is 11.1. The Morgan fingerprint density at radius 3 is 2.56 bits per heavy atom. The summed E-state index contributed by atoms with van der Waals surface area (Å²) in [5.41, 5.74) is 1.80. The number of likely N-dealkylation sites (tertiary alicyclic amines) is 1. The van der Waals surface area contributed by atoms with Crippen LogP contribution in [0.15, 0.2) is 53.4 Å². The van der Waals surface area contributed by atoms with Gasteiger partial charge in [-0.1, -0.05) is 0 Å². The topological polar surface area (TPSA) is 204 Å². The van der Waals surface area contributed by atoms with Crippen LogP contribution < -0.4 is 30.0 Å². The molecule has 1 saturated heterocycles. The van der Waals surface area contributed by atoms with Crippen LogP contribution in [0.3, 0.4) is 0 Å². The maximum absolute atomic E-state index is 14.6. The van der Waals surface area contributed by atoms with Gasteiger partial charge in [-0.25, -0.2) is 17.9 Å². The third-order valence-corrected chi connectivity index (χ3v) is 8.86. The first-order valence-corrected chi connectivity index (χ1v) is 16.1. The zero-order chi connectivity index (χ0) is 35.2. The molecule has 3 amide bonds. The van der Waals surface area contributed by atoms with Gasteiger partial charge in [0.05, 0.1) is 18.0 Å². The standard InChI is InChI=1S/C31H33FN4O8S.CH2O2/c1-17-8-21(12-28(18(17)2)45(33,40)41)31(39)36-7-6-25-24(15-36)35-30(38)20-4-5-26(42-3)27(11-20)43-16-29(37)34-14-19-9-22(32)13-23(10-19)44-25;2-1-3/h4-5,8-13,24-25H,6-7,14-16H2,1-3H3,(H,34,37)(H,35,38)(H2,33,40,41);1H,(H,2,3)/t24-,25+;/m0./s1. The number of carboxylic acid groups (broad SMARTS) is 1. The highest BCUT2D eigenvalue weighted by atomic mass is 32.2. The number of hydrogen-bond acceptors (Lipinski definition) is 9. The monoisotopic (exact) mass is 686 g/mol. The van der Waals surface area contributed by atoms with Gasteiger partial charge in [-0.2, -0.15) is 0 Å². The van der Waals surface area contributed by atoms with E-state index in [-0.39, 0.29) is 66.7 Å². The quantitative estimate of drug-likeness (QED) is 0.295. The van der Waals surface area contributed by atoms with E-state index in [1.54, 1.807) is 26.0 Å². The van der Waals surface area contributed by atoms with E-state index >= 15 is 0 Å². The van der Waals surface area contributed by atoms with Crippen molar-refractivity contribution in [2.75, 3.05) is 26.8 Å². The summed E-state index contributed by atoms with van der Waals surface area (Å²) >= 11 is 0. The third kappa shape index (κ3) is 8.57. The smallest absolute Gasteiger partial charge is 0.290 e. The Balaban J connectivity index is 0.00000167. The third-order valence-electron chi connectivity index (χ3n) is 7.82. The van der Waals surface area contributed by atoms with Crippen molar-refractivity contribution < 1.29 is 51.3 Å². The highest BCUT2D eigenvalue weighted by Gasteiger charge is 2.35. The maximum Gasteiger partial charge on any atom is 0.290 e. The van der Waals surface area contributed by atoms with Crippen LogP contribution in [0.4, 0.5) is 4.39 Å². The summed E-state index contributed by atoms with van der Waals surface area (Å²) in [4.78, 5) is 49.4. The number of sulfonamides is 1. The van der Waals surface area contributed by atoms with Crippen LogP contribution in [-0.2, 0) is 26.2 Å². The minimum atomic E-state index is -4.09. The van der Waals surface area contributed by atoms with Crippen molar-refractivity contribution in [2.45, 2.75) is 43.9 Å². The molecule has 48 heavy (non-hydrogen) atoms. The molecule has 3 aromatic carbocycles. The lowest BCUT2D eigenvalue weighted by Gasteiger charge is -2.39. The molecule has 0 spiro atoms. The summed E-state index contributed by atoms with van der Waals surface area (Å²) < 4.78 is 56.1. The summed E-state index contributed by atoms with van der Waals surface area (Å²) in [6.45, 7) is 2.89. The van der Waals surface area contributed by atoms with Crippen LogP contribution in [-0.4, -0.2) is 81.6 Å². The molecule has 2 aliphatic rings. The Kier molecular flexibility index (Phi) is 11.2. The van der Waals surface area contributed by atoms with Crippen molar-refractivity contribution in [3.63, 3.8) is 0 Å². The van der Waals surface area contributed by atoms with Gasteiger partial charge in [0.25, 0.3) is 24.2 Å². The van der Waals surface area contributed by atoms with Gasteiger partial charge in [0.1, 0.15) is 17.7 Å². The van der Waals surface area contributed by atoms with Crippen LogP contribution in [0.1, 0.15) is 43.8 Å². The minimum Gasteiger partial charge on any atom is -0.493 e. The zero-order valence-corrected chi connectivity index (χ0v) is 27.1. The molecule has 2 heterocycles. The Morgan fingerprint density at radius 1 is 1.15 bits per heavy atom. The van der Waals surface area contributed by atoms with Gasteiger partial charge < -0.3 is 34.9 Å². The van der Waals surface area contributed by atoms with Gasteiger partial charge in [-0.15, -0.1) is 0 Å². The van der Waals surface area contributed by atoms with E-state index in [2.05, 4.69) is 10.6 Å². The van der Waals surface area contributed by atoms with Crippen LogP contribution >= 0.6 is 0 Å². The minimum absolute atomic E-state index is 0.00458. The predicted molar refractivity (Wildman–Crippen MR) is 169 cm³/mol. The number of carbonyl (C=O) groups excluding carboxylic acids is 3. The van der Waals surface area contributed by atoms with E-state index in [0.717, 1.165) is 0 Å². The number of amides is 3. The summed E-state index contributed by atoms with van der Waals surface area (Å²) in [7, 11) is -2.66. The number of aryl methyl sites for hydroxylation is 1. The summed E-state index contributed by atoms with van der Waals surface area (Å²) in [5, 5.41) is 17.9. The van der Waals surface area contributed by atoms with E-state index in [0.29, 0.717) is 22.4 Å². The normalized spacial score (nSPS) is 18.0. The summed E-state index contributed by atoms with van der Waals surface area (Å²) in [6, 6.07) is 10.6. The van der Waals surface area contributed by atoms with Crippen LogP contribution in [0.2, 0.25) is 0 Å². The van der Waals surface area contributed by atoms with Crippen LogP contribution in [0, 0.1) is 19.7 Å². The highest BCUT2D eigenvalue weighted by molar-refractivity contribution is 7.89. The average Bonchev–Trinajstić information content (AvgIpc) is 3.03. The Labute approximate surface area is 276 Å². The number of ether oxygens (including phenoxy) is 3. The molecule has 0 saturated carbocycles. The summed E-state index contributed by atoms with van der Waals surface area (Å²) in [6.07, 6.45) is -0.424. The van der Waals surface area contributed by atoms with E-state index in [4.69, 9.17) is 29.3 Å². The van der Waals surface area contributed by atoms with Crippen molar-refractivity contribution in [3.8, 4) is 17.2 Å². The fourth-order valence-corrected chi connectivity index (χ4v) is 6.25. The van der Waals surface area contributed by atoms with E-state index in [1.807, 2.05) is 0 Å². The zero-order valence-electron chi connectivity index (χ0n) is 26.3. The van der Waals surface area contributed by atoms with Gasteiger partial charge in [0.15, 0.2) is 18.1 Å². The Morgan fingerprint density at radius 2 is 1.88 bits per heavy atom. The molecule has 14 nitrogen and oxygen atoms in total. The molecule has 5 rings (SSSR count). The molecule has 1 fully saturated rings. The van der Waals surface area contributed by atoms with Gasteiger partial charge in [-0.05, 0) is 73.0 Å². The van der Waals surface area contributed by atoms with Crippen LogP contribution in [0.25, 0.3) is 0 Å². The van der Waals surface area contributed by atoms with Crippen molar-refractivity contribution in [2.24, 2.45) is 5.14 Å². The second-order valence-corrected chi connectivity index (χ2v) is 12.6.